The first-order chi connectivity index (χ1) is 6.53. The van der Waals surface area contributed by atoms with E-state index in [1.807, 2.05) is 0 Å². The lowest BCUT2D eigenvalue weighted by Crippen LogP contribution is -2.16. The van der Waals surface area contributed by atoms with Gasteiger partial charge in [-0.2, -0.15) is 0 Å². The summed E-state index contributed by atoms with van der Waals surface area (Å²) in [6, 6.07) is 1.32. The molecule has 0 spiro atoms. The van der Waals surface area contributed by atoms with Crippen molar-refractivity contribution in [3.05, 3.63) is 30.2 Å². The zero-order valence-corrected chi connectivity index (χ0v) is 8.72. The van der Waals surface area contributed by atoms with Gasteiger partial charge in [0.1, 0.15) is 17.3 Å². The van der Waals surface area contributed by atoms with Gasteiger partial charge in [0.05, 0.1) is 5.75 Å². The molecule has 0 aromatic carbocycles. The third-order valence-electron chi connectivity index (χ3n) is 1.23. The monoisotopic (exact) mass is 233 g/mol. The highest BCUT2D eigenvalue weighted by molar-refractivity contribution is 7.92. The van der Waals surface area contributed by atoms with E-state index in [0.29, 0.717) is 0 Å². The van der Waals surface area contributed by atoms with Crippen LogP contribution in [0.15, 0.2) is 25.0 Å². The van der Waals surface area contributed by atoms with Gasteiger partial charge in [-0.25, -0.2) is 18.4 Å². The predicted molar refractivity (Wildman–Crippen MR) is 54.6 cm³/mol. The fourth-order valence-electron chi connectivity index (χ4n) is 0.746. The number of nitrogens with zero attached hydrogens (tertiary/aromatic N) is 2. The Morgan fingerprint density at radius 2 is 2.29 bits per heavy atom. The van der Waals surface area contributed by atoms with Gasteiger partial charge >= 0.3 is 0 Å². The molecule has 1 N–H and O–H groups in total. The van der Waals surface area contributed by atoms with Crippen molar-refractivity contribution >= 4 is 27.4 Å². The van der Waals surface area contributed by atoms with Crippen molar-refractivity contribution in [1.82, 2.24) is 9.97 Å². The van der Waals surface area contributed by atoms with Gasteiger partial charge < -0.3 is 0 Å². The zero-order chi connectivity index (χ0) is 10.6. The minimum Gasteiger partial charge on any atom is -0.267 e. The Labute approximate surface area is 86.9 Å². The van der Waals surface area contributed by atoms with Gasteiger partial charge in [0.25, 0.3) is 0 Å². The fraction of sp³-hybridized carbons (Fsp3) is 0.143. The van der Waals surface area contributed by atoms with E-state index in [-0.39, 0.29) is 16.7 Å². The highest BCUT2D eigenvalue weighted by atomic mass is 35.5. The standard InChI is InChI=1S/C7H8ClN3O2S/c1-2-3-14(12,13)11-7-4-6(8)9-5-10-7/h2,4-5H,1,3H2,(H,9,10,11). The molecule has 1 heterocycles. The second-order valence-corrected chi connectivity index (χ2v) is 4.55. The smallest absolute Gasteiger partial charge is 0.237 e. The molecule has 1 aromatic rings. The van der Waals surface area contributed by atoms with Crippen LogP contribution in [0.2, 0.25) is 5.15 Å². The molecule has 0 radical (unpaired) electrons. The van der Waals surface area contributed by atoms with E-state index >= 15 is 0 Å². The Morgan fingerprint density at radius 1 is 1.57 bits per heavy atom. The van der Waals surface area contributed by atoms with Crippen molar-refractivity contribution in [3.63, 3.8) is 0 Å². The summed E-state index contributed by atoms with van der Waals surface area (Å²) in [5, 5.41) is 0.177. The van der Waals surface area contributed by atoms with Crippen LogP contribution in [-0.4, -0.2) is 24.1 Å². The maximum Gasteiger partial charge on any atom is 0.237 e. The summed E-state index contributed by atoms with van der Waals surface area (Å²) in [6.07, 6.45) is 2.46. The second-order valence-electron chi connectivity index (χ2n) is 2.40. The lowest BCUT2D eigenvalue weighted by Gasteiger charge is -2.03. The first kappa shape index (κ1) is 10.9. The molecular formula is C7H8ClN3O2S. The van der Waals surface area contributed by atoms with E-state index in [2.05, 4.69) is 21.3 Å². The molecule has 0 aliphatic rings. The first-order valence-corrected chi connectivity index (χ1v) is 5.65. The van der Waals surface area contributed by atoms with E-state index in [0.717, 1.165) is 0 Å². The summed E-state index contributed by atoms with van der Waals surface area (Å²) in [5.74, 6) is -0.0268. The lowest BCUT2D eigenvalue weighted by molar-refractivity contribution is 0.604. The maximum absolute atomic E-state index is 11.2. The van der Waals surface area contributed by atoms with Crippen molar-refractivity contribution in [2.75, 3.05) is 10.5 Å². The molecule has 0 amide bonds. The number of aromatic nitrogens is 2. The zero-order valence-electron chi connectivity index (χ0n) is 7.14. The molecule has 0 aliphatic heterocycles. The molecule has 0 saturated carbocycles. The Kier molecular flexibility index (Phi) is 3.43. The Morgan fingerprint density at radius 3 is 2.86 bits per heavy atom. The van der Waals surface area contributed by atoms with E-state index in [4.69, 9.17) is 11.6 Å². The van der Waals surface area contributed by atoms with Crippen LogP contribution in [0.25, 0.3) is 0 Å². The molecule has 0 fully saturated rings. The lowest BCUT2D eigenvalue weighted by atomic mass is 10.6. The van der Waals surface area contributed by atoms with Crippen molar-refractivity contribution < 1.29 is 8.42 Å². The average Bonchev–Trinajstić information content (AvgIpc) is 2.02. The molecule has 14 heavy (non-hydrogen) atoms. The number of hydrogen-bond acceptors (Lipinski definition) is 4. The molecule has 1 aromatic heterocycles. The van der Waals surface area contributed by atoms with Crippen LogP contribution in [-0.2, 0) is 10.0 Å². The summed E-state index contributed by atoms with van der Waals surface area (Å²) in [5.41, 5.74) is 0. The molecule has 0 atom stereocenters. The average molecular weight is 234 g/mol. The first-order valence-electron chi connectivity index (χ1n) is 3.62. The summed E-state index contributed by atoms with van der Waals surface area (Å²) >= 11 is 5.54. The van der Waals surface area contributed by atoms with Crippen molar-refractivity contribution in [2.24, 2.45) is 0 Å². The third kappa shape index (κ3) is 3.31. The van der Waals surface area contributed by atoms with E-state index in [1.54, 1.807) is 0 Å². The Hall–Kier alpha value is -1.14. The van der Waals surface area contributed by atoms with Crippen LogP contribution in [0, 0.1) is 0 Å². The quantitative estimate of drug-likeness (QED) is 0.624. The molecule has 0 aliphatic carbocycles. The molecule has 5 nitrogen and oxygen atoms in total. The van der Waals surface area contributed by atoms with Crippen LogP contribution >= 0.6 is 11.6 Å². The van der Waals surface area contributed by atoms with Gasteiger partial charge in [-0.1, -0.05) is 17.7 Å². The van der Waals surface area contributed by atoms with Gasteiger partial charge in [-0.15, -0.1) is 6.58 Å². The van der Waals surface area contributed by atoms with Gasteiger partial charge in [-0.3, -0.25) is 4.72 Å². The minimum absolute atomic E-state index is 0.145. The molecular weight excluding hydrogens is 226 g/mol. The molecule has 76 valence electrons. The molecule has 0 unspecified atom stereocenters. The highest BCUT2D eigenvalue weighted by Crippen LogP contribution is 2.10. The van der Waals surface area contributed by atoms with Gasteiger partial charge in [0, 0.05) is 6.07 Å². The van der Waals surface area contributed by atoms with Crippen LogP contribution in [0.1, 0.15) is 0 Å². The summed E-state index contributed by atoms with van der Waals surface area (Å²) in [4.78, 5) is 7.30. The SMILES string of the molecule is C=CCS(=O)(=O)Nc1cc(Cl)ncn1. The van der Waals surface area contributed by atoms with E-state index in [1.165, 1.54) is 18.5 Å². The number of rotatable bonds is 4. The maximum atomic E-state index is 11.2. The number of sulfonamides is 1. The van der Waals surface area contributed by atoms with Crippen LogP contribution in [0.4, 0.5) is 5.82 Å². The summed E-state index contributed by atoms with van der Waals surface area (Å²) in [7, 11) is -3.42. The minimum atomic E-state index is -3.42. The molecule has 7 heteroatoms. The normalized spacial score (nSPS) is 10.9. The second kappa shape index (κ2) is 4.39. The van der Waals surface area contributed by atoms with E-state index in [9.17, 15) is 8.42 Å². The third-order valence-corrected chi connectivity index (χ3v) is 2.63. The van der Waals surface area contributed by atoms with Crippen molar-refractivity contribution in [1.29, 1.82) is 0 Å². The Bertz CT molecular complexity index is 432. The highest BCUT2D eigenvalue weighted by Gasteiger charge is 2.08. The van der Waals surface area contributed by atoms with Crippen molar-refractivity contribution in [2.45, 2.75) is 0 Å². The molecule has 0 bridgehead atoms. The Balaban J connectivity index is 2.84. The molecule has 0 saturated heterocycles. The summed E-state index contributed by atoms with van der Waals surface area (Å²) < 4.78 is 24.7. The largest absolute Gasteiger partial charge is 0.267 e. The van der Waals surface area contributed by atoms with Crippen LogP contribution in [0.5, 0.6) is 0 Å². The van der Waals surface area contributed by atoms with Gasteiger partial charge in [0.2, 0.25) is 10.0 Å². The van der Waals surface area contributed by atoms with Gasteiger partial charge in [-0.05, 0) is 0 Å². The van der Waals surface area contributed by atoms with E-state index < -0.39 is 10.0 Å². The van der Waals surface area contributed by atoms with Crippen molar-refractivity contribution in [3.8, 4) is 0 Å². The predicted octanol–water partition coefficient (Wildman–Crippen LogP) is 1.06. The summed E-state index contributed by atoms with van der Waals surface area (Å²) in [6.45, 7) is 3.33. The fourth-order valence-corrected chi connectivity index (χ4v) is 1.72. The number of halogens is 1. The topological polar surface area (TPSA) is 72.0 Å². The van der Waals surface area contributed by atoms with Crippen LogP contribution < -0.4 is 4.72 Å². The number of hydrogen-bond donors (Lipinski definition) is 1. The number of anilines is 1. The number of nitrogens with one attached hydrogen (secondary N) is 1. The van der Waals surface area contributed by atoms with Gasteiger partial charge in [0.15, 0.2) is 0 Å². The molecule has 1 rings (SSSR count). The van der Waals surface area contributed by atoms with Crippen LogP contribution in [0.3, 0.4) is 0 Å².